The Kier molecular flexibility index (Phi) is 20.3. The summed E-state index contributed by atoms with van der Waals surface area (Å²) in [6, 6.07) is 4.50. The van der Waals surface area contributed by atoms with Gasteiger partial charge in [0.15, 0.2) is 34.5 Å². The quantitative estimate of drug-likeness (QED) is 0.0382. The van der Waals surface area contributed by atoms with Crippen LogP contribution in [0.25, 0.3) is 0 Å². The summed E-state index contributed by atoms with van der Waals surface area (Å²) in [5.74, 6) is -2.75. The summed E-state index contributed by atoms with van der Waals surface area (Å²) < 4.78 is 52.8. The lowest BCUT2D eigenvalue weighted by molar-refractivity contribution is -0.114. The maximum absolute atomic E-state index is 15.9. The number of amides is 3. The van der Waals surface area contributed by atoms with E-state index in [2.05, 4.69) is 55.4 Å². The molecule has 0 aliphatic carbocycles. The molecule has 0 saturated carbocycles. The summed E-state index contributed by atoms with van der Waals surface area (Å²) in [5.41, 5.74) is 3.72. The first-order chi connectivity index (χ1) is 29.8. The van der Waals surface area contributed by atoms with Gasteiger partial charge in [0.25, 0.3) is 0 Å². The van der Waals surface area contributed by atoms with Crippen molar-refractivity contribution in [1.29, 1.82) is 0 Å². The fourth-order valence-electron chi connectivity index (χ4n) is 6.50. The number of carbonyl (C=O) groups excluding carboxylic acids is 3. The molecule has 3 amide bonds. The number of phosphoric acid groups is 1. The van der Waals surface area contributed by atoms with E-state index in [4.69, 9.17) is 62.6 Å². The number of carbonyl (C=O) groups is 3. The summed E-state index contributed by atoms with van der Waals surface area (Å²) in [4.78, 5) is 38.0. The molecule has 0 fully saturated rings. The molecule has 3 rings (SSSR count). The van der Waals surface area contributed by atoms with Crippen LogP contribution in [0.3, 0.4) is 0 Å². The van der Waals surface area contributed by atoms with Crippen LogP contribution in [-0.4, -0.2) is 56.7 Å². The number of methoxy groups -OCH3 is 3. The number of halogens is 3. The van der Waals surface area contributed by atoms with Crippen LogP contribution in [0.4, 0.5) is 17.1 Å². The van der Waals surface area contributed by atoms with Crippen molar-refractivity contribution in [2.45, 2.75) is 38.5 Å². The molecule has 0 radical (unpaired) electrons. The smallest absolute Gasteiger partial charge is 0.492 e. The predicted molar refractivity (Wildman–Crippen MR) is 250 cm³/mol. The molecule has 0 spiro atoms. The van der Waals surface area contributed by atoms with Gasteiger partial charge in [-0.2, -0.15) is 4.57 Å². The Hall–Kier alpha value is -5.59. The van der Waals surface area contributed by atoms with Crippen LogP contribution >= 0.6 is 42.6 Å². The van der Waals surface area contributed by atoms with Crippen LogP contribution in [-0.2, 0) is 57.5 Å². The van der Waals surface area contributed by atoms with Crippen molar-refractivity contribution in [1.82, 2.24) is 0 Å². The number of anilines is 3. The van der Waals surface area contributed by atoms with Crippen molar-refractivity contribution in [3.05, 3.63) is 128 Å². The predicted octanol–water partition coefficient (Wildman–Crippen LogP) is 10.3. The molecule has 17 heteroatoms. The first-order valence-corrected chi connectivity index (χ1v) is 22.0. The monoisotopic (exact) mass is 929 g/mol. The number of nitrogens with one attached hydrogen (secondary N) is 3. The van der Waals surface area contributed by atoms with E-state index in [1.807, 2.05) is 0 Å². The number of hydrogen-bond acceptors (Lipinski definition) is 10. The van der Waals surface area contributed by atoms with Gasteiger partial charge >= 0.3 is 7.82 Å². The fourth-order valence-corrected chi connectivity index (χ4v) is 7.94. The van der Waals surface area contributed by atoms with E-state index in [0.717, 1.165) is 0 Å². The maximum atomic E-state index is 15.9. The molecule has 0 atom stereocenters. The second-order valence-corrected chi connectivity index (χ2v) is 15.2. The average molecular weight is 931 g/mol. The molecule has 3 N–H and O–H groups in total. The van der Waals surface area contributed by atoms with E-state index in [1.165, 1.54) is 39.5 Å². The zero-order valence-electron chi connectivity index (χ0n) is 35.0. The topological polar surface area (TPSA) is 160 Å². The van der Waals surface area contributed by atoms with E-state index in [-0.39, 0.29) is 90.7 Å². The molecule has 0 bridgehead atoms. The molecule has 0 aromatic heterocycles. The lowest BCUT2D eigenvalue weighted by Crippen LogP contribution is -2.18. The molecule has 0 unspecified atom stereocenters. The van der Waals surface area contributed by atoms with Gasteiger partial charge in [0, 0.05) is 16.7 Å². The third-order valence-corrected chi connectivity index (χ3v) is 10.8. The van der Waals surface area contributed by atoms with Crippen molar-refractivity contribution in [3.8, 4) is 34.5 Å². The van der Waals surface area contributed by atoms with Crippen molar-refractivity contribution in [2.24, 2.45) is 0 Å². The highest BCUT2D eigenvalue weighted by Crippen LogP contribution is 2.58. The first-order valence-electron chi connectivity index (χ1n) is 18.9. The standard InChI is InChI=1S/C45H51Cl3N3O10P/c1-10-16-28-22-34(43(56-7)31(19-13-4)40(28)49-37(52)25-46)59-62(55,60-35-23-29(17-11-2)41(50-38(53)26-47)32(20-14-5)44(35)57-8)61-36-24-30(18-12-3)42(51-39(54)27-48)33(21-15-6)45(36)58-9/h10-15,22-24H,1-6,16-21,25-27H2,7-9H3,(H,49,52)(H,50,53)(H,51,54). The number of rotatable bonds is 27. The van der Waals surface area contributed by atoms with Crippen LogP contribution in [0.15, 0.2) is 94.1 Å². The van der Waals surface area contributed by atoms with Gasteiger partial charge in [-0.3, -0.25) is 14.4 Å². The Bertz CT molecular complexity index is 2020. The normalized spacial score (nSPS) is 10.7. The number of phosphoric ester groups is 1. The minimum absolute atomic E-state index is 0.0478. The van der Waals surface area contributed by atoms with Gasteiger partial charge in [-0.05, 0) is 73.4 Å². The first kappa shape index (κ1) is 50.8. The van der Waals surface area contributed by atoms with Crippen LogP contribution < -0.4 is 43.7 Å². The molecular weight excluding hydrogens is 880 g/mol. The minimum Gasteiger partial charge on any atom is -0.492 e. The number of hydrogen-bond donors (Lipinski definition) is 3. The highest BCUT2D eigenvalue weighted by atomic mass is 35.5. The summed E-state index contributed by atoms with van der Waals surface area (Å²) >= 11 is 17.7. The van der Waals surface area contributed by atoms with Gasteiger partial charge in [-0.25, -0.2) is 0 Å². The Morgan fingerprint density at radius 3 is 0.935 bits per heavy atom. The summed E-state index contributed by atoms with van der Waals surface area (Å²) in [7, 11) is -1.02. The van der Waals surface area contributed by atoms with Crippen LogP contribution in [0.1, 0.15) is 33.4 Å². The Balaban J connectivity index is 2.57. The van der Waals surface area contributed by atoms with E-state index < -0.39 is 25.5 Å². The van der Waals surface area contributed by atoms with Crippen LogP contribution in [0.5, 0.6) is 34.5 Å². The van der Waals surface area contributed by atoms with Gasteiger partial charge in [-0.15, -0.1) is 74.3 Å². The van der Waals surface area contributed by atoms with Crippen molar-refractivity contribution >= 4 is 77.4 Å². The zero-order valence-corrected chi connectivity index (χ0v) is 38.1. The lowest BCUT2D eigenvalue weighted by Gasteiger charge is -2.27. The van der Waals surface area contributed by atoms with Crippen molar-refractivity contribution < 1.29 is 46.7 Å². The van der Waals surface area contributed by atoms with E-state index in [1.54, 1.807) is 36.5 Å². The number of ether oxygens (including phenoxy) is 3. The molecular formula is C45H51Cl3N3O10P. The summed E-state index contributed by atoms with van der Waals surface area (Å²) in [6.07, 6.45) is 10.6. The van der Waals surface area contributed by atoms with Crippen LogP contribution in [0, 0.1) is 0 Å². The third kappa shape index (κ3) is 12.5. The molecule has 332 valence electrons. The van der Waals surface area contributed by atoms with Gasteiger partial charge in [0.2, 0.25) is 17.7 Å². The average Bonchev–Trinajstić information content (AvgIpc) is 3.24. The molecule has 0 aliphatic rings. The van der Waals surface area contributed by atoms with E-state index in [0.29, 0.717) is 50.4 Å². The van der Waals surface area contributed by atoms with Crippen molar-refractivity contribution in [3.63, 3.8) is 0 Å². The Labute approximate surface area is 378 Å². The number of allylic oxidation sites excluding steroid dienone is 6. The molecule has 0 heterocycles. The minimum atomic E-state index is -5.10. The highest BCUT2D eigenvalue weighted by molar-refractivity contribution is 7.49. The van der Waals surface area contributed by atoms with Gasteiger partial charge in [-0.1, -0.05) is 36.5 Å². The van der Waals surface area contributed by atoms with Gasteiger partial charge < -0.3 is 43.7 Å². The molecule has 3 aromatic carbocycles. The largest absolute Gasteiger partial charge is 0.647 e. The highest BCUT2D eigenvalue weighted by Gasteiger charge is 2.39. The fraction of sp³-hybridized carbons (Fsp3) is 0.267. The SMILES string of the molecule is C=CCc1cc(OP(=O)(Oc2cc(CC=C)c(NC(=O)CCl)c(CC=C)c2OC)Oc2cc(CC=C)c(NC(=O)CCl)c(CC=C)c2OC)c(OC)c(CC=C)c1NC(=O)CCl. The molecule has 13 nitrogen and oxygen atoms in total. The van der Waals surface area contributed by atoms with Gasteiger partial charge in [0.1, 0.15) is 17.6 Å². The van der Waals surface area contributed by atoms with Gasteiger partial charge in [0.05, 0.1) is 38.4 Å². The van der Waals surface area contributed by atoms with E-state index >= 15 is 4.57 Å². The second kappa shape index (κ2) is 24.8. The zero-order chi connectivity index (χ0) is 46.0. The molecule has 0 aliphatic heterocycles. The van der Waals surface area contributed by atoms with E-state index in [9.17, 15) is 14.4 Å². The summed E-state index contributed by atoms with van der Waals surface area (Å²) in [6.45, 7) is 23.2. The molecule has 0 saturated heterocycles. The maximum Gasteiger partial charge on any atom is 0.647 e. The molecule has 62 heavy (non-hydrogen) atoms. The number of alkyl halides is 3. The van der Waals surface area contributed by atoms with Crippen molar-refractivity contribution in [2.75, 3.05) is 54.9 Å². The Morgan fingerprint density at radius 2 is 0.742 bits per heavy atom. The lowest BCUT2D eigenvalue weighted by atomic mass is 9.99. The van der Waals surface area contributed by atoms with Crippen LogP contribution in [0.2, 0.25) is 0 Å². The summed E-state index contributed by atoms with van der Waals surface area (Å²) in [5, 5.41) is 8.45. The molecule has 3 aromatic rings. The third-order valence-electron chi connectivity index (χ3n) is 8.82. The number of benzene rings is 3. The second-order valence-electron chi connectivity index (χ2n) is 13.0. The Morgan fingerprint density at radius 1 is 0.500 bits per heavy atom.